The van der Waals surface area contributed by atoms with Crippen LogP contribution in [0.4, 0.5) is 0 Å². The fourth-order valence-electron chi connectivity index (χ4n) is 5.59. The van der Waals surface area contributed by atoms with Gasteiger partial charge in [0.15, 0.2) is 0 Å². The van der Waals surface area contributed by atoms with Gasteiger partial charge in [0.05, 0.1) is 29.5 Å². The summed E-state index contributed by atoms with van der Waals surface area (Å²) >= 11 is 0. The van der Waals surface area contributed by atoms with Crippen LogP contribution in [0.3, 0.4) is 0 Å². The predicted molar refractivity (Wildman–Crippen MR) is 320 cm³/mol. The smallest absolute Gasteiger partial charge is 2.00 e. The van der Waals surface area contributed by atoms with Gasteiger partial charge in [-0.25, -0.2) is 0 Å². The molecular weight excluding hydrogens is 1340 g/mol. The Morgan fingerprint density at radius 1 is 0.239 bits per heavy atom. The van der Waals surface area contributed by atoms with E-state index < -0.39 is 53.9 Å². The molecule has 0 radical (unpaired) electrons. The maximum Gasteiger partial charge on any atom is 4.00 e. The van der Waals surface area contributed by atoms with Crippen molar-refractivity contribution in [2.75, 3.05) is 0 Å². The number of hydrogen-bond acceptors (Lipinski definition) is 13. The molecule has 0 fully saturated rings. The first-order chi connectivity index (χ1) is 37.5. The van der Waals surface area contributed by atoms with Gasteiger partial charge in [0, 0.05) is 48.5 Å². The molecule has 1 N–H and O–H groups in total. The van der Waals surface area contributed by atoms with Gasteiger partial charge in [0.1, 0.15) is 0 Å². The van der Waals surface area contributed by atoms with E-state index in [2.05, 4.69) is 0 Å². The van der Waals surface area contributed by atoms with Crippen molar-refractivity contribution in [3.05, 3.63) is 243 Å². The second-order valence-corrected chi connectivity index (χ2v) is 26.7. The van der Waals surface area contributed by atoms with Crippen molar-refractivity contribution in [2.24, 2.45) is 0 Å². The molecule has 0 heterocycles. The molecule has 25 heteroatoms. The van der Waals surface area contributed by atoms with Gasteiger partial charge in [-0.1, -0.05) is 298 Å². The molecular formula is C63H76O17P4Ti4. The van der Waals surface area contributed by atoms with Crippen molar-refractivity contribution in [1.29, 1.82) is 0 Å². The Morgan fingerprint density at radius 2 is 0.295 bits per heavy atom. The van der Waals surface area contributed by atoms with E-state index in [0.717, 1.165) is 0 Å². The molecule has 0 saturated heterocycles. The molecule has 17 nitrogen and oxygen atoms in total. The fourth-order valence-corrected chi connectivity index (χ4v) is 11.3. The molecule has 8 aromatic rings. The van der Waals surface area contributed by atoms with E-state index in [1.807, 2.05) is 0 Å². The second kappa shape index (κ2) is 57.9. The van der Waals surface area contributed by atoms with Gasteiger partial charge in [-0.2, -0.15) is 0 Å². The Hall–Kier alpha value is -2.98. The minimum atomic E-state index is -3.65. The van der Waals surface area contributed by atoms with Gasteiger partial charge in [-0.05, 0) is 13.8 Å². The van der Waals surface area contributed by atoms with Crippen LogP contribution in [0.1, 0.15) is 69.2 Å². The molecule has 0 spiro atoms. The molecule has 0 saturated carbocycles. The summed E-state index contributed by atoms with van der Waals surface area (Å²) < 4.78 is 48.2. The van der Waals surface area contributed by atoms with Gasteiger partial charge in [0.2, 0.25) is 0 Å². The summed E-state index contributed by atoms with van der Waals surface area (Å²) in [7, 11) is -14.6. The Bertz CT molecular complexity index is 2390. The average molecular weight is 1420 g/mol. The molecule has 0 unspecified atom stereocenters. The zero-order valence-electron chi connectivity index (χ0n) is 50.7. The maximum absolute atomic E-state index is 12.1. The largest absolute Gasteiger partial charge is 4.00 e. The standard InChI is InChI=1S/4C12H11O2P.C3H8O.4C3H7O.4O.4Ti/c4*13-15(14,11-7-3-1-4-8-11)12-9-5-2-6-10-12;5*1-3(2)4;;;;;;;;/h4*1-10H,(H,13,14);3-4H,1-2H3;4*3H,1-2H3;;;;;;;;/q;;;;;4*-1;4*-2;4*+4/p-4. The first-order valence-corrected chi connectivity index (χ1v) is 32.0. The Labute approximate surface area is 581 Å². The van der Waals surface area contributed by atoms with Crippen molar-refractivity contribution in [2.45, 2.75) is 99.8 Å². The number of aliphatic hydroxyl groups excluding tert-OH is 1. The van der Waals surface area contributed by atoms with Crippen LogP contribution in [-0.4, -0.2) is 35.6 Å². The van der Waals surface area contributed by atoms with Crippen molar-refractivity contribution >= 4 is 71.9 Å². The van der Waals surface area contributed by atoms with Crippen LogP contribution in [0.25, 0.3) is 0 Å². The van der Waals surface area contributed by atoms with Crippen molar-refractivity contribution < 1.29 is 172 Å². The SMILES string of the molecule is CC(C)O.CC(C)[O-].CC(C)[O-].CC(C)[O-].CC(C)[O-].O=P([O-])(c1ccccc1)c1ccccc1.O=P([O-])(c1ccccc1)c1ccccc1.O=P([O-])(c1ccccc1)c1ccccc1.O=P([O-])(c1ccccc1)c1ccccc1.[O-2].[O-2].[O-2].[O-2].[Ti+4].[Ti+4].[Ti+4].[Ti+4]. The van der Waals surface area contributed by atoms with Crippen LogP contribution < -0.4 is 82.4 Å². The van der Waals surface area contributed by atoms with Gasteiger partial charge in [-0.3, -0.25) is 0 Å². The minimum absolute atomic E-state index is 0. The van der Waals surface area contributed by atoms with E-state index in [0.29, 0.717) is 42.4 Å². The zero-order valence-corrected chi connectivity index (χ0v) is 60.6. The number of rotatable bonds is 8. The molecule has 88 heavy (non-hydrogen) atoms. The molecule has 0 bridgehead atoms. The molecule has 0 aliphatic rings. The van der Waals surface area contributed by atoms with Crippen LogP contribution in [0, 0.1) is 0 Å². The van der Waals surface area contributed by atoms with Crippen LogP contribution in [-0.2, 0) is 127 Å². The molecule has 0 amide bonds. The van der Waals surface area contributed by atoms with E-state index >= 15 is 0 Å². The zero-order chi connectivity index (χ0) is 60.8. The van der Waals surface area contributed by atoms with Gasteiger partial charge >= 0.3 is 86.9 Å². The number of benzene rings is 8. The maximum atomic E-state index is 12.1. The first kappa shape index (κ1) is 104. The van der Waals surface area contributed by atoms with E-state index in [9.17, 15) is 58.3 Å². The van der Waals surface area contributed by atoms with Crippen LogP contribution in [0.15, 0.2) is 243 Å². The second-order valence-electron chi connectivity index (χ2n) is 18.2. The summed E-state index contributed by atoms with van der Waals surface area (Å²) in [6.45, 7) is 16.3. The van der Waals surface area contributed by atoms with Crippen molar-refractivity contribution in [3.8, 4) is 0 Å². The van der Waals surface area contributed by atoms with Gasteiger partial charge in [-0.15, -0.1) is 24.4 Å². The number of hydrogen-bond donors (Lipinski definition) is 1. The topological polar surface area (TPSA) is 387 Å². The normalized spacial score (nSPS) is 9.73. The van der Waals surface area contributed by atoms with Gasteiger partial charge < -0.3 is 85.3 Å². The van der Waals surface area contributed by atoms with Gasteiger partial charge in [0.25, 0.3) is 0 Å². The Balaban J connectivity index is -0.000000119. The fraction of sp³-hybridized carbons (Fsp3) is 0.238. The molecule has 0 atom stereocenters. The summed E-state index contributed by atoms with van der Waals surface area (Å²) in [6.07, 6.45) is -1.83. The summed E-state index contributed by atoms with van der Waals surface area (Å²) in [5.41, 5.74) is 0. The average Bonchev–Trinajstić information content (AvgIpc) is 3.43. The molecule has 8 rings (SSSR count). The van der Waals surface area contributed by atoms with Crippen LogP contribution >= 0.6 is 29.5 Å². The third kappa shape index (κ3) is 47.0. The molecule has 0 aromatic heterocycles. The van der Waals surface area contributed by atoms with Crippen molar-refractivity contribution in [1.82, 2.24) is 0 Å². The molecule has 0 aliphatic heterocycles. The third-order valence-electron chi connectivity index (χ3n) is 8.77. The summed E-state index contributed by atoms with van der Waals surface area (Å²) in [4.78, 5) is 48.2. The van der Waals surface area contributed by atoms with Crippen LogP contribution in [0.2, 0.25) is 0 Å². The van der Waals surface area contributed by atoms with E-state index in [1.165, 1.54) is 0 Å². The Kier molecular flexibility index (Phi) is 68.3. The summed E-state index contributed by atoms with van der Waals surface area (Å²) in [5.74, 6) is 0. The van der Waals surface area contributed by atoms with Crippen LogP contribution in [0.5, 0.6) is 0 Å². The van der Waals surface area contributed by atoms with Crippen molar-refractivity contribution in [3.63, 3.8) is 0 Å². The van der Waals surface area contributed by atoms with E-state index in [-0.39, 0.29) is 115 Å². The predicted octanol–water partition coefficient (Wildman–Crippen LogP) is 4.03. The van der Waals surface area contributed by atoms with E-state index in [1.54, 1.807) is 312 Å². The minimum Gasteiger partial charge on any atom is -2.00 e. The van der Waals surface area contributed by atoms with E-state index in [4.69, 9.17) is 5.11 Å². The summed E-state index contributed by atoms with van der Waals surface area (Å²) in [6, 6.07) is 67.8. The first-order valence-electron chi connectivity index (χ1n) is 25.5. The Morgan fingerprint density at radius 3 is 0.352 bits per heavy atom. The number of aliphatic hydroxyl groups is 1. The molecule has 0 aliphatic carbocycles. The molecule has 8 aromatic carbocycles. The summed E-state index contributed by atoms with van der Waals surface area (Å²) in [5, 5.41) is 49.0. The monoisotopic (exact) mass is 1420 g/mol. The quantitative estimate of drug-likeness (QED) is 0.166. The molecule has 466 valence electrons. The third-order valence-corrected chi connectivity index (χ3v) is 16.6.